The van der Waals surface area contributed by atoms with Crippen molar-refractivity contribution in [3.05, 3.63) is 35.1 Å². The van der Waals surface area contributed by atoms with Crippen molar-refractivity contribution in [2.45, 2.75) is 11.8 Å². The van der Waals surface area contributed by atoms with Gasteiger partial charge in [-0.3, -0.25) is 4.72 Å². The summed E-state index contributed by atoms with van der Waals surface area (Å²) in [5.74, 6) is 0.631. The van der Waals surface area contributed by atoms with Gasteiger partial charge in [0.2, 0.25) is 5.88 Å². The molecule has 1 heterocycles. The second kappa shape index (κ2) is 6.93. The molecule has 0 saturated heterocycles. The molecule has 0 spiro atoms. The van der Waals surface area contributed by atoms with E-state index < -0.39 is 10.0 Å². The molecule has 0 saturated carbocycles. The lowest BCUT2D eigenvalue weighted by molar-refractivity contribution is 0.326. The van der Waals surface area contributed by atoms with Crippen molar-refractivity contribution in [3.63, 3.8) is 0 Å². The lowest BCUT2D eigenvalue weighted by atomic mass is 10.3. The fourth-order valence-corrected chi connectivity index (χ4v) is 3.38. The Morgan fingerprint density at radius 3 is 2.73 bits per heavy atom. The molecule has 0 bridgehead atoms. The minimum atomic E-state index is -3.86. The van der Waals surface area contributed by atoms with Crippen LogP contribution >= 0.6 is 15.9 Å². The van der Waals surface area contributed by atoms with Crippen molar-refractivity contribution in [1.82, 2.24) is 9.97 Å². The Balaban J connectivity index is 2.35. The highest BCUT2D eigenvalue weighted by atomic mass is 79.9. The quantitative estimate of drug-likeness (QED) is 0.818. The maximum absolute atomic E-state index is 12.5. The molecule has 0 aliphatic rings. The van der Waals surface area contributed by atoms with Crippen LogP contribution in [0.1, 0.15) is 6.92 Å². The minimum absolute atomic E-state index is 0.000877. The summed E-state index contributed by atoms with van der Waals surface area (Å²) < 4.78 is 38.3. The Kier molecular flexibility index (Phi) is 5.19. The predicted molar refractivity (Wildman–Crippen MR) is 84.7 cm³/mol. The highest BCUT2D eigenvalue weighted by Gasteiger charge is 2.21. The van der Waals surface area contributed by atoms with Gasteiger partial charge in [0.05, 0.1) is 13.7 Å². The van der Waals surface area contributed by atoms with E-state index in [-0.39, 0.29) is 22.3 Å². The van der Waals surface area contributed by atoms with E-state index in [4.69, 9.17) is 9.47 Å². The number of methoxy groups -OCH3 is 1. The van der Waals surface area contributed by atoms with E-state index in [0.717, 1.165) is 0 Å². The first-order chi connectivity index (χ1) is 10.5. The first kappa shape index (κ1) is 16.5. The van der Waals surface area contributed by atoms with Crippen molar-refractivity contribution in [3.8, 4) is 11.6 Å². The summed E-state index contributed by atoms with van der Waals surface area (Å²) in [5.41, 5.74) is 0. The number of anilines is 1. The molecule has 0 aliphatic carbocycles. The van der Waals surface area contributed by atoms with Crippen LogP contribution in [-0.4, -0.2) is 32.1 Å². The number of benzene rings is 1. The summed E-state index contributed by atoms with van der Waals surface area (Å²) in [6, 6.07) is 6.11. The molecule has 0 radical (unpaired) electrons. The number of hydrogen-bond donors (Lipinski definition) is 1. The number of nitrogens with zero attached hydrogens (tertiary/aromatic N) is 2. The fourth-order valence-electron chi connectivity index (χ4n) is 1.68. The van der Waals surface area contributed by atoms with E-state index in [0.29, 0.717) is 11.1 Å². The Hall–Kier alpha value is -1.87. The largest absolute Gasteiger partial charge is 0.495 e. The summed E-state index contributed by atoms with van der Waals surface area (Å²) in [7, 11) is -2.46. The van der Waals surface area contributed by atoms with Gasteiger partial charge in [0.1, 0.15) is 22.8 Å². The third-order valence-corrected chi connectivity index (χ3v) is 4.46. The van der Waals surface area contributed by atoms with E-state index in [9.17, 15) is 8.42 Å². The monoisotopic (exact) mass is 387 g/mol. The van der Waals surface area contributed by atoms with Gasteiger partial charge in [0.25, 0.3) is 10.0 Å². The number of hydrogen-bond acceptors (Lipinski definition) is 6. The van der Waals surface area contributed by atoms with Crippen molar-refractivity contribution < 1.29 is 17.9 Å². The average molecular weight is 388 g/mol. The molecule has 2 rings (SSSR count). The second-order valence-corrected chi connectivity index (χ2v) is 6.64. The normalized spacial score (nSPS) is 11.0. The van der Waals surface area contributed by atoms with E-state index in [1.54, 1.807) is 19.1 Å². The van der Waals surface area contributed by atoms with E-state index in [1.807, 2.05) is 0 Å². The third-order valence-electron chi connectivity index (χ3n) is 2.59. The van der Waals surface area contributed by atoms with Crippen LogP contribution in [0.25, 0.3) is 0 Å². The van der Waals surface area contributed by atoms with Crippen LogP contribution in [-0.2, 0) is 10.0 Å². The van der Waals surface area contributed by atoms with Crippen LogP contribution in [0.2, 0.25) is 0 Å². The predicted octanol–water partition coefficient (Wildman–Crippen LogP) is 2.45. The number of nitrogens with one attached hydrogen (secondary N) is 1. The number of ether oxygens (including phenoxy) is 2. The van der Waals surface area contributed by atoms with Crippen molar-refractivity contribution in [2.75, 3.05) is 18.4 Å². The number of rotatable bonds is 6. The zero-order valence-electron chi connectivity index (χ0n) is 11.9. The summed E-state index contributed by atoms with van der Waals surface area (Å²) in [5, 5.41) is 0. The van der Waals surface area contributed by atoms with Crippen molar-refractivity contribution >= 4 is 31.8 Å². The van der Waals surface area contributed by atoms with Crippen LogP contribution < -0.4 is 14.2 Å². The molecule has 0 aliphatic heterocycles. The highest BCUT2D eigenvalue weighted by Crippen LogP contribution is 2.28. The molecule has 0 unspecified atom stereocenters. The van der Waals surface area contributed by atoms with E-state index >= 15 is 0 Å². The lowest BCUT2D eigenvalue weighted by Gasteiger charge is -2.11. The van der Waals surface area contributed by atoms with Crippen molar-refractivity contribution in [2.24, 2.45) is 0 Å². The Labute approximate surface area is 136 Å². The van der Waals surface area contributed by atoms with Gasteiger partial charge >= 0.3 is 0 Å². The molecular formula is C13H14BrN3O4S. The van der Waals surface area contributed by atoms with Crippen molar-refractivity contribution in [1.29, 1.82) is 0 Å². The first-order valence-electron chi connectivity index (χ1n) is 6.27. The van der Waals surface area contributed by atoms with Crippen LogP contribution in [0.4, 0.5) is 5.82 Å². The van der Waals surface area contributed by atoms with Gasteiger partial charge < -0.3 is 9.47 Å². The fraction of sp³-hybridized carbons (Fsp3) is 0.231. The molecule has 118 valence electrons. The molecule has 0 atom stereocenters. The molecule has 22 heavy (non-hydrogen) atoms. The molecule has 1 aromatic carbocycles. The minimum Gasteiger partial charge on any atom is -0.495 e. The first-order valence-corrected chi connectivity index (χ1v) is 8.55. The lowest BCUT2D eigenvalue weighted by Crippen LogP contribution is -2.15. The third kappa shape index (κ3) is 3.86. The summed E-state index contributed by atoms with van der Waals surface area (Å²) in [6.45, 7) is 2.22. The summed E-state index contributed by atoms with van der Waals surface area (Å²) in [6.07, 6.45) is 1.22. The summed E-state index contributed by atoms with van der Waals surface area (Å²) >= 11 is 3.24. The van der Waals surface area contributed by atoms with Gasteiger partial charge in [-0.1, -0.05) is 15.9 Å². The van der Waals surface area contributed by atoms with Gasteiger partial charge in [-0.25, -0.2) is 18.4 Å². The maximum atomic E-state index is 12.5. The van der Waals surface area contributed by atoms with E-state index in [2.05, 4.69) is 30.6 Å². The molecule has 9 heteroatoms. The topological polar surface area (TPSA) is 90.4 Å². The van der Waals surface area contributed by atoms with Crippen LogP contribution in [0.3, 0.4) is 0 Å². The molecule has 1 aromatic heterocycles. The standard InChI is InChI=1S/C13H14BrN3O4S/c1-3-21-13-7-12(15-8-16-13)17-22(18,19)11-6-9(14)4-5-10(11)20-2/h4-8H,3H2,1-2H3,(H,15,16,17). The SMILES string of the molecule is CCOc1cc(NS(=O)(=O)c2cc(Br)ccc2OC)ncn1. The van der Waals surface area contributed by atoms with Gasteiger partial charge in [-0.15, -0.1) is 0 Å². The Morgan fingerprint density at radius 1 is 1.27 bits per heavy atom. The second-order valence-electron chi connectivity index (χ2n) is 4.08. The molecule has 0 fully saturated rings. The van der Waals surface area contributed by atoms with Crippen LogP contribution in [0.15, 0.2) is 40.0 Å². The zero-order chi connectivity index (χ0) is 16.2. The molecule has 7 nitrogen and oxygen atoms in total. The molecule has 1 N–H and O–H groups in total. The molecule has 0 amide bonds. The summed E-state index contributed by atoms with van der Waals surface area (Å²) in [4.78, 5) is 7.76. The van der Waals surface area contributed by atoms with E-state index in [1.165, 1.54) is 25.6 Å². The maximum Gasteiger partial charge on any atom is 0.266 e. The number of aromatic nitrogens is 2. The zero-order valence-corrected chi connectivity index (χ0v) is 14.3. The number of sulfonamides is 1. The highest BCUT2D eigenvalue weighted by molar-refractivity contribution is 9.10. The van der Waals surface area contributed by atoms with Gasteiger partial charge in [-0.05, 0) is 25.1 Å². The van der Waals surface area contributed by atoms with Crippen LogP contribution in [0.5, 0.6) is 11.6 Å². The Morgan fingerprint density at radius 2 is 2.05 bits per heavy atom. The van der Waals surface area contributed by atoms with Gasteiger partial charge in [-0.2, -0.15) is 0 Å². The van der Waals surface area contributed by atoms with Crippen LogP contribution in [0, 0.1) is 0 Å². The Bertz CT molecular complexity index is 768. The smallest absolute Gasteiger partial charge is 0.266 e. The van der Waals surface area contributed by atoms with Gasteiger partial charge in [0.15, 0.2) is 0 Å². The number of halogens is 1. The van der Waals surface area contributed by atoms with Gasteiger partial charge in [0, 0.05) is 10.5 Å². The average Bonchev–Trinajstić information content (AvgIpc) is 2.47. The molecular weight excluding hydrogens is 374 g/mol. The molecule has 2 aromatic rings.